The molecule has 0 bridgehead atoms. The quantitative estimate of drug-likeness (QED) is 0.824. The number of carboxylic acid groups (broad SMARTS) is 1. The molecule has 1 N–H and O–H groups in total. The van der Waals surface area contributed by atoms with Crippen molar-refractivity contribution in [3.63, 3.8) is 0 Å². The lowest BCUT2D eigenvalue weighted by Crippen LogP contribution is -2.46. The molecule has 1 aliphatic heterocycles. The molecule has 1 aromatic heterocycles. The van der Waals surface area contributed by atoms with E-state index < -0.39 is 12.0 Å². The average Bonchev–Trinajstić information content (AvgIpc) is 3.07. The van der Waals surface area contributed by atoms with Crippen molar-refractivity contribution < 1.29 is 19.4 Å². The summed E-state index contributed by atoms with van der Waals surface area (Å²) in [6.07, 6.45) is 2.61. The van der Waals surface area contributed by atoms with E-state index in [9.17, 15) is 9.90 Å². The number of nitrogens with zero attached hydrogens (tertiary/aromatic N) is 1. The maximum absolute atomic E-state index is 11.9. The van der Waals surface area contributed by atoms with Gasteiger partial charge in [0, 0.05) is 15.3 Å². The lowest BCUT2D eigenvalue weighted by Gasteiger charge is -2.39. The molecule has 2 atom stereocenters. The average molecular weight is 375 g/mol. The van der Waals surface area contributed by atoms with E-state index in [0.717, 1.165) is 29.8 Å². The number of hydrogen-bond acceptors (Lipinski definition) is 5. The number of likely N-dealkylation sites (tertiary alicyclic amines) is 1. The molecule has 0 radical (unpaired) electrons. The molecule has 26 heavy (non-hydrogen) atoms. The summed E-state index contributed by atoms with van der Waals surface area (Å²) in [5.41, 5.74) is 0.946. The second-order valence-electron chi connectivity index (χ2n) is 6.52. The summed E-state index contributed by atoms with van der Waals surface area (Å²) in [6, 6.07) is 9.33. The Bertz CT molecular complexity index is 773. The molecule has 0 spiro atoms. The van der Waals surface area contributed by atoms with Gasteiger partial charge in [0.15, 0.2) is 11.5 Å². The third-order valence-electron chi connectivity index (χ3n) is 4.92. The van der Waals surface area contributed by atoms with Gasteiger partial charge < -0.3 is 14.6 Å². The van der Waals surface area contributed by atoms with Crippen LogP contribution in [0.3, 0.4) is 0 Å². The zero-order chi connectivity index (χ0) is 18.7. The first-order valence-corrected chi connectivity index (χ1v) is 9.64. The summed E-state index contributed by atoms with van der Waals surface area (Å²) in [7, 11) is 3.25. The number of benzene rings is 1. The third kappa shape index (κ3) is 3.57. The van der Waals surface area contributed by atoms with Crippen molar-refractivity contribution >= 4 is 17.3 Å². The molecule has 2 heterocycles. The first-order valence-electron chi connectivity index (χ1n) is 8.82. The number of thiophene rings is 1. The highest BCUT2D eigenvalue weighted by molar-refractivity contribution is 7.12. The molecule has 2 aromatic rings. The standard InChI is InChI=1S/C20H25NO4S/c1-13-10-11-17(26-13)18(21-12-5-4-8-15(21)20(22)23)14-7-6-9-16(24-2)19(14)25-3/h6-7,9-11,15,18H,4-5,8,12H2,1-3H3,(H,22,23). The third-order valence-corrected chi connectivity index (χ3v) is 5.97. The fraction of sp³-hybridized carbons (Fsp3) is 0.450. The van der Waals surface area contributed by atoms with Crippen LogP contribution in [0, 0.1) is 6.92 Å². The molecule has 3 rings (SSSR count). The minimum Gasteiger partial charge on any atom is -0.493 e. The van der Waals surface area contributed by atoms with Gasteiger partial charge >= 0.3 is 5.97 Å². The highest BCUT2D eigenvalue weighted by atomic mass is 32.1. The maximum Gasteiger partial charge on any atom is 0.320 e. The molecule has 0 aliphatic carbocycles. The van der Waals surface area contributed by atoms with E-state index in [0.29, 0.717) is 17.9 Å². The molecule has 1 aromatic carbocycles. The van der Waals surface area contributed by atoms with Gasteiger partial charge in [0.05, 0.1) is 20.3 Å². The summed E-state index contributed by atoms with van der Waals surface area (Å²) in [6.45, 7) is 2.82. The number of ether oxygens (including phenoxy) is 2. The van der Waals surface area contributed by atoms with Gasteiger partial charge in [-0.2, -0.15) is 0 Å². The van der Waals surface area contributed by atoms with Gasteiger partial charge in [0.1, 0.15) is 6.04 Å². The van der Waals surface area contributed by atoms with Crippen molar-refractivity contribution in [2.24, 2.45) is 0 Å². The van der Waals surface area contributed by atoms with E-state index in [1.54, 1.807) is 25.6 Å². The first-order chi connectivity index (χ1) is 12.6. The van der Waals surface area contributed by atoms with Crippen LogP contribution in [0.25, 0.3) is 0 Å². The number of carboxylic acids is 1. The zero-order valence-electron chi connectivity index (χ0n) is 15.4. The van der Waals surface area contributed by atoms with Crippen LogP contribution in [0.5, 0.6) is 11.5 Å². The predicted molar refractivity (Wildman–Crippen MR) is 102 cm³/mol. The molecule has 1 fully saturated rings. The molecule has 2 unspecified atom stereocenters. The second-order valence-corrected chi connectivity index (χ2v) is 7.84. The lowest BCUT2D eigenvalue weighted by molar-refractivity contribution is -0.145. The second kappa shape index (κ2) is 8.10. The highest BCUT2D eigenvalue weighted by Crippen LogP contribution is 2.43. The number of aliphatic carboxylic acids is 1. The summed E-state index contributed by atoms with van der Waals surface area (Å²) >= 11 is 1.70. The van der Waals surface area contributed by atoms with Crippen LogP contribution in [0.4, 0.5) is 0 Å². The lowest BCUT2D eigenvalue weighted by atomic mass is 9.94. The van der Waals surface area contributed by atoms with Crippen LogP contribution in [0.15, 0.2) is 30.3 Å². The minimum atomic E-state index is -0.759. The van der Waals surface area contributed by atoms with Gasteiger partial charge in [-0.15, -0.1) is 11.3 Å². The van der Waals surface area contributed by atoms with E-state index in [1.165, 1.54) is 4.88 Å². The monoisotopic (exact) mass is 375 g/mol. The predicted octanol–water partition coefficient (Wildman–Crippen LogP) is 4.10. The normalized spacial score (nSPS) is 19.1. The van der Waals surface area contributed by atoms with Crippen LogP contribution < -0.4 is 9.47 Å². The fourth-order valence-corrected chi connectivity index (χ4v) is 4.77. The molecule has 6 heteroatoms. The number of rotatable bonds is 6. The summed E-state index contributed by atoms with van der Waals surface area (Å²) in [5, 5.41) is 9.79. The van der Waals surface area contributed by atoms with Crippen molar-refractivity contribution in [2.45, 2.75) is 38.3 Å². The topological polar surface area (TPSA) is 59.0 Å². The van der Waals surface area contributed by atoms with Gasteiger partial charge in [-0.1, -0.05) is 18.6 Å². The molecular formula is C20H25NO4S. The Balaban J connectivity index is 2.15. The van der Waals surface area contributed by atoms with Crippen LogP contribution in [0.2, 0.25) is 0 Å². The molecule has 0 amide bonds. The van der Waals surface area contributed by atoms with E-state index in [-0.39, 0.29) is 6.04 Å². The van der Waals surface area contributed by atoms with E-state index in [4.69, 9.17) is 9.47 Å². The largest absolute Gasteiger partial charge is 0.493 e. The van der Waals surface area contributed by atoms with Gasteiger partial charge in [0.25, 0.3) is 0 Å². The summed E-state index contributed by atoms with van der Waals surface area (Å²) in [4.78, 5) is 16.4. The molecule has 140 valence electrons. The van der Waals surface area contributed by atoms with Crippen LogP contribution >= 0.6 is 11.3 Å². The van der Waals surface area contributed by atoms with Crippen LogP contribution in [-0.2, 0) is 4.79 Å². The van der Waals surface area contributed by atoms with Gasteiger partial charge in [0.2, 0.25) is 0 Å². The summed E-state index contributed by atoms with van der Waals surface area (Å²) in [5.74, 6) is 0.567. The molecule has 1 saturated heterocycles. The van der Waals surface area contributed by atoms with Gasteiger partial charge in [-0.3, -0.25) is 9.69 Å². The van der Waals surface area contributed by atoms with Crippen molar-refractivity contribution in [1.29, 1.82) is 0 Å². The Morgan fingerprint density at radius 3 is 2.65 bits per heavy atom. The van der Waals surface area contributed by atoms with Crippen molar-refractivity contribution in [3.8, 4) is 11.5 Å². The molecule has 0 saturated carbocycles. The molecule has 5 nitrogen and oxygen atoms in total. The Morgan fingerprint density at radius 1 is 1.23 bits per heavy atom. The van der Waals surface area contributed by atoms with E-state index in [1.807, 2.05) is 18.2 Å². The number of aryl methyl sites for hydroxylation is 1. The van der Waals surface area contributed by atoms with Crippen molar-refractivity contribution in [1.82, 2.24) is 4.90 Å². The number of piperidine rings is 1. The maximum atomic E-state index is 11.9. The summed E-state index contributed by atoms with van der Waals surface area (Å²) < 4.78 is 11.1. The van der Waals surface area contributed by atoms with Crippen LogP contribution in [0.1, 0.15) is 40.6 Å². The molecule has 1 aliphatic rings. The zero-order valence-corrected chi connectivity index (χ0v) is 16.2. The van der Waals surface area contributed by atoms with E-state index >= 15 is 0 Å². The van der Waals surface area contributed by atoms with Crippen molar-refractivity contribution in [3.05, 3.63) is 45.6 Å². The SMILES string of the molecule is COc1cccc(C(c2ccc(C)s2)N2CCCCC2C(=O)O)c1OC. The smallest absolute Gasteiger partial charge is 0.320 e. The Labute approximate surface area is 158 Å². The Kier molecular flexibility index (Phi) is 5.84. The fourth-order valence-electron chi connectivity index (χ4n) is 3.75. The first kappa shape index (κ1) is 18.7. The number of para-hydroxylation sites is 1. The number of carbonyl (C=O) groups is 1. The number of hydrogen-bond donors (Lipinski definition) is 1. The van der Waals surface area contributed by atoms with E-state index in [2.05, 4.69) is 24.0 Å². The molecular weight excluding hydrogens is 350 g/mol. The van der Waals surface area contributed by atoms with Gasteiger partial charge in [-0.05, 0) is 44.5 Å². The highest BCUT2D eigenvalue weighted by Gasteiger charge is 2.37. The Morgan fingerprint density at radius 2 is 2.04 bits per heavy atom. The number of methoxy groups -OCH3 is 2. The van der Waals surface area contributed by atoms with Crippen molar-refractivity contribution in [2.75, 3.05) is 20.8 Å². The van der Waals surface area contributed by atoms with Crippen LogP contribution in [-0.4, -0.2) is 42.8 Å². The minimum absolute atomic E-state index is 0.167. The van der Waals surface area contributed by atoms with Gasteiger partial charge in [-0.25, -0.2) is 0 Å². The Hall–Kier alpha value is -2.05.